The Balaban J connectivity index is 1.42. The molecule has 1 aliphatic heterocycles. The first kappa shape index (κ1) is 16.6. The van der Waals surface area contributed by atoms with Crippen LogP contribution in [0.4, 0.5) is 9.93 Å². The molecule has 23 heavy (non-hydrogen) atoms. The number of carbonyl (C=O) groups excluding carboxylic acids is 1. The highest BCUT2D eigenvalue weighted by Crippen LogP contribution is 2.35. The number of hydrogen-bond acceptors (Lipinski definition) is 5. The molecule has 2 aliphatic rings. The van der Waals surface area contributed by atoms with Crippen molar-refractivity contribution in [3.05, 3.63) is 5.01 Å². The Hall–Kier alpha value is -1.21. The van der Waals surface area contributed by atoms with Crippen LogP contribution in [0.1, 0.15) is 56.4 Å². The second-order valence-corrected chi connectivity index (χ2v) is 7.67. The molecule has 2 fully saturated rings. The predicted molar refractivity (Wildman–Crippen MR) is 93.0 cm³/mol. The number of carbonyl (C=O) groups is 1. The molecule has 0 aromatic carbocycles. The van der Waals surface area contributed by atoms with Crippen molar-refractivity contribution in [3.8, 4) is 0 Å². The van der Waals surface area contributed by atoms with Crippen LogP contribution in [0.25, 0.3) is 0 Å². The molecule has 1 aromatic rings. The van der Waals surface area contributed by atoms with E-state index in [4.69, 9.17) is 0 Å². The van der Waals surface area contributed by atoms with Crippen molar-refractivity contribution in [2.45, 2.75) is 51.4 Å². The van der Waals surface area contributed by atoms with Gasteiger partial charge in [0.1, 0.15) is 5.01 Å². The summed E-state index contributed by atoms with van der Waals surface area (Å²) < 4.78 is 0. The summed E-state index contributed by atoms with van der Waals surface area (Å²) in [6, 6.07) is -0.161. The van der Waals surface area contributed by atoms with E-state index in [1.165, 1.54) is 49.9 Å². The van der Waals surface area contributed by atoms with Gasteiger partial charge in [0.25, 0.3) is 0 Å². The van der Waals surface area contributed by atoms with Gasteiger partial charge in [-0.15, -0.1) is 10.2 Å². The lowest BCUT2D eigenvalue weighted by Crippen LogP contribution is -2.34. The van der Waals surface area contributed by atoms with Crippen molar-refractivity contribution in [2.75, 3.05) is 31.5 Å². The van der Waals surface area contributed by atoms with Gasteiger partial charge in [-0.1, -0.05) is 37.5 Å². The van der Waals surface area contributed by atoms with Crippen molar-refractivity contribution >= 4 is 22.5 Å². The van der Waals surface area contributed by atoms with Gasteiger partial charge < -0.3 is 10.2 Å². The zero-order chi connectivity index (χ0) is 16.1. The van der Waals surface area contributed by atoms with Crippen molar-refractivity contribution < 1.29 is 4.79 Å². The lowest BCUT2D eigenvalue weighted by Gasteiger charge is -2.18. The summed E-state index contributed by atoms with van der Waals surface area (Å²) in [6.45, 7) is 6.24. The minimum absolute atomic E-state index is 0.161. The number of hydrogen-bond donors (Lipinski definition) is 2. The van der Waals surface area contributed by atoms with Gasteiger partial charge in [-0.3, -0.25) is 5.32 Å². The maximum atomic E-state index is 12.0. The second-order valence-electron chi connectivity index (χ2n) is 6.66. The first-order valence-electron chi connectivity index (χ1n) is 8.85. The Labute approximate surface area is 142 Å². The molecule has 2 heterocycles. The van der Waals surface area contributed by atoms with E-state index in [0.29, 0.717) is 17.0 Å². The topological polar surface area (TPSA) is 70.2 Å². The van der Waals surface area contributed by atoms with Gasteiger partial charge in [0, 0.05) is 19.0 Å². The van der Waals surface area contributed by atoms with Crippen LogP contribution < -0.4 is 10.6 Å². The Morgan fingerprint density at radius 2 is 2.09 bits per heavy atom. The molecule has 1 aliphatic carbocycles. The van der Waals surface area contributed by atoms with Gasteiger partial charge in [0.15, 0.2) is 0 Å². The SMILES string of the molecule is CCN1CCC(CNC(=O)Nc2nnc(C3CCCCC3)s2)C1. The van der Waals surface area contributed by atoms with Crippen LogP contribution in [0.5, 0.6) is 0 Å². The first-order valence-corrected chi connectivity index (χ1v) is 9.67. The standard InChI is InChI=1S/C16H27N5OS/c1-2-21-9-8-12(11-21)10-17-15(22)18-16-20-19-14(23-16)13-6-4-3-5-7-13/h12-13H,2-11H2,1H3,(H2,17,18,20,22). The summed E-state index contributed by atoms with van der Waals surface area (Å²) in [5, 5.41) is 15.9. The number of aromatic nitrogens is 2. The Kier molecular flexibility index (Phi) is 5.83. The Morgan fingerprint density at radius 3 is 2.83 bits per heavy atom. The Bertz CT molecular complexity index is 514. The normalized spacial score (nSPS) is 23.1. The number of rotatable bonds is 5. The van der Waals surface area contributed by atoms with Crippen LogP contribution in [0, 0.1) is 5.92 Å². The predicted octanol–water partition coefficient (Wildman–Crippen LogP) is 3.05. The van der Waals surface area contributed by atoms with E-state index in [-0.39, 0.29) is 6.03 Å². The fraction of sp³-hybridized carbons (Fsp3) is 0.812. The summed E-state index contributed by atoms with van der Waals surface area (Å²) in [5.41, 5.74) is 0. The average molecular weight is 337 g/mol. The van der Waals surface area contributed by atoms with Gasteiger partial charge in [0.05, 0.1) is 0 Å². The fourth-order valence-electron chi connectivity index (χ4n) is 3.54. The van der Waals surface area contributed by atoms with Crippen LogP contribution >= 0.6 is 11.3 Å². The summed E-state index contributed by atoms with van der Waals surface area (Å²) in [7, 11) is 0. The molecule has 1 aromatic heterocycles. The minimum atomic E-state index is -0.161. The van der Waals surface area contributed by atoms with Gasteiger partial charge in [-0.25, -0.2) is 4.79 Å². The monoisotopic (exact) mass is 337 g/mol. The number of anilines is 1. The van der Waals surface area contributed by atoms with Crippen LogP contribution in [0.3, 0.4) is 0 Å². The molecule has 6 nitrogen and oxygen atoms in total. The molecule has 1 unspecified atom stereocenters. The fourth-order valence-corrected chi connectivity index (χ4v) is 4.45. The van der Waals surface area contributed by atoms with Crippen molar-refractivity contribution in [1.82, 2.24) is 20.4 Å². The largest absolute Gasteiger partial charge is 0.337 e. The first-order chi connectivity index (χ1) is 11.2. The number of nitrogens with zero attached hydrogens (tertiary/aromatic N) is 3. The molecule has 7 heteroatoms. The zero-order valence-corrected chi connectivity index (χ0v) is 14.7. The van der Waals surface area contributed by atoms with Crippen LogP contribution in [-0.4, -0.2) is 47.3 Å². The van der Waals surface area contributed by atoms with Crippen LogP contribution in [0.2, 0.25) is 0 Å². The Morgan fingerprint density at radius 1 is 1.26 bits per heavy atom. The van der Waals surface area contributed by atoms with Crippen LogP contribution in [0.15, 0.2) is 0 Å². The molecule has 128 valence electrons. The van der Waals surface area contributed by atoms with E-state index in [1.54, 1.807) is 0 Å². The minimum Gasteiger partial charge on any atom is -0.337 e. The number of amides is 2. The van der Waals surface area contributed by atoms with E-state index in [2.05, 4.69) is 32.7 Å². The van der Waals surface area contributed by atoms with E-state index in [9.17, 15) is 4.79 Å². The van der Waals surface area contributed by atoms with E-state index in [1.807, 2.05) is 0 Å². The summed E-state index contributed by atoms with van der Waals surface area (Å²) in [6.07, 6.45) is 7.47. The third-order valence-electron chi connectivity index (χ3n) is 4.98. The molecule has 1 saturated carbocycles. The molecule has 0 bridgehead atoms. The quantitative estimate of drug-likeness (QED) is 0.866. The van der Waals surface area contributed by atoms with Crippen molar-refractivity contribution in [1.29, 1.82) is 0 Å². The third-order valence-corrected chi connectivity index (χ3v) is 5.99. The smallest absolute Gasteiger partial charge is 0.321 e. The molecule has 0 spiro atoms. The summed E-state index contributed by atoms with van der Waals surface area (Å²) >= 11 is 1.53. The second kappa shape index (κ2) is 8.06. The highest BCUT2D eigenvalue weighted by atomic mass is 32.1. The number of nitrogens with one attached hydrogen (secondary N) is 2. The van der Waals surface area contributed by atoms with Gasteiger partial charge in [-0.2, -0.15) is 0 Å². The molecule has 2 N–H and O–H groups in total. The van der Waals surface area contributed by atoms with E-state index < -0.39 is 0 Å². The molecule has 1 atom stereocenters. The molecular formula is C16H27N5OS. The van der Waals surface area contributed by atoms with E-state index in [0.717, 1.165) is 31.2 Å². The van der Waals surface area contributed by atoms with Gasteiger partial charge in [-0.05, 0) is 38.3 Å². The maximum Gasteiger partial charge on any atom is 0.321 e. The summed E-state index contributed by atoms with van der Waals surface area (Å²) in [5.74, 6) is 1.10. The van der Waals surface area contributed by atoms with Gasteiger partial charge >= 0.3 is 6.03 Å². The van der Waals surface area contributed by atoms with Crippen molar-refractivity contribution in [2.24, 2.45) is 5.92 Å². The number of urea groups is 1. The number of likely N-dealkylation sites (tertiary alicyclic amines) is 1. The average Bonchev–Trinajstić information content (AvgIpc) is 3.23. The van der Waals surface area contributed by atoms with Crippen molar-refractivity contribution in [3.63, 3.8) is 0 Å². The summed E-state index contributed by atoms with van der Waals surface area (Å²) in [4.78, 5) is 14.4. The molecule has 1 saturated heterocycles. The lowest BCUT2D eigenvalue weighted by atomic mass is 9.90. The highest BCUT2D eigenvalue weighted by molar-refractivity contribution is 7.15. The molecule has 3 rings (SSSR count). The highest BCUT2D eigenvalue weighted by Gasteiger charge is 2.22. The van der Waals surface area contributed by atoms with E-state index >= 15 is 0 Å². The molecule has 2 amide bonds. The van der Waals surface area contributed by atoms with Gasteiger partial charge in [0.2, 0.25) is 5.13 Å². The maximum absolute atomic E-state index is 12.0. The molecule has 0 radical (unpaired) electrons. The zero-order valence-electron chi connectivity index (χ0n) is 13.9. The molecular weight excluding hydrogens is 310 g/mol. The third kappa shape index (κ3) is 4.64. The lowest BCUT2D eigenvalue weighted by molar-refractivity contribution is 0.250. The van der Waals surface area contributed by atoms with Crippen LogP contribution in [-0.2, 0) is 0 Å².